The zero-order valence-corrected chi connectivity index (χ0v) is 32.5. The minimum Gasteiger partial charge on any atom is -0.496 e. The minimum atomic E-state index is -5.03. The van der Waals surface area contributed by atoms with Gasteiger partial charge in [0.05, 0.1) is 29.5 Å². The summed E-state index contributed by atoms with van der Waals surface area (Å²) in [7, 11) is 1.30. The number of rotatable bonds is 9. The molecule has 0 aliphatic heterocycles. The molecule has 0 aromatic heterocycles. The van der Waals surface area contributed by atoms with E-state index in [1.165, 1.54) is 49.6 Å². The van der Waals surface area contributed by atoms with Gasteiger partial charge in [-0.25, -0.2) is 18.4 Å². The van der Waals surface area contributed by atoms with Crippen LogP contribution in [0.1, 0.15) is 79.4 Å². The van der Waals surface area contributed by atoms with Crippen molar-refractivity contribution in [3.05, 3.63) is 125 Å². The summed E-state index contributed by atoms with van der Waals surface area (Å²) < 4.78 is 86.2. The first kappa shape index (κ1) is 42.6. The van der Waals surface area contributed by atoms with Crippen LogP contribution in [0.25, 0.3) is 21.9 Å². The van der Waals surface area contributed by atoms with Gasteiger partial charge in [0.15, 0.2) is 6.04 Å². The Hall–Kier alpha value is -6.51. The standard InChI is InChI=1S/C43H40F5N3O7/c1-41(2,3)57-39(54)36(51-40(55)58-42(4,5)6)26-12-15-32(44)28(20-26)25-13-17-35(56-7)30(19-25)38(53)50-34-21-24-11-9-8-10-23(24)18-29(34)37(52)49-27-14-16-33(45)31(22-27)43(46,47)48/h8-22,36H,1-7H3,(H,49,52)(H,50,53)(H,51,55). The third-order valence-electron chi connectivity index (χ3n) is 8.29. The molecule has 304 valence electrons. The van der Waals surface area contributed by atoms with E-state index in [0.29, 0.717) is 22.9 Å². The number of esters is 1. The van der Waals surface area contributed by atoms with Gasteiger partial charge in [-0.05, 0) is 118 Å². The highest BCUT2D eigenvalue weighted by atomic mass is 19.4. The van der Waals surface area contributed by atoms with E-state index in [4.69, 9.17) is 14.2 Å². The largest absolute Gasteiger partial charge is 0.496 e. The Kier molecular flexibility index (Phi) is 12.2. The van der Waals surface area contributed by atoms with Crippen molar-refractivity contribution in [1.82, 2.24) is 5.32 Å². The zero-order chi connectivity index (χ0) is 42.7. The quantitative estimate of drug-likeness (QED) is 0.0998. The number of amides is 3. The Morgan fingerprint density at radius 1 is 0.655 bits per heavy atom. The Bertz CT molecular complexity index is 2400. The number of alkyl halides is 3. The van der Waals surface area contributed by atoms with Crippen molar-refractivity contribution in [3.8, 4) is 16.9 Å². The molecule has 5 rings (SSSR count). The molecule has 0 saturated carbocycles. The van der Waals surface area contributed by atoms with E-state index in [9.17, 15) is 36.7 Å². The number of benzene rings is 5. The molecule has 0 fully saturated rings. The average molecular weight is 806 g/mol. The molecule has 5 aromatic carbocycles. The number of anilines is 2. The van der Waals surface area contributed by atoms with Gasteiger partial charge >= 0.3 is 18.2 Å². The van der Waals surface area contributed by atoms with Gasteiger partial charge in [0.2, 0.25) is 0 Å². The third kappa shape index (κ3) is 10.5. The molecular formula is C43H40F5N3O7. The zero-order valence-electron chi connectivity index (χ0n) is 32.5. The topological polar surface area (TPSA) is 132 Å². The summed E-state index contributed by atoms with van der Waals surface area (Å²) in [5.74, 6) is -4.80. The van der Waals surface area contributed by atoms with Crippen LogP contribution in [-0.4, -0.2) is 42.2 Å². The second-order valence-corrected chi connectivity index (χ2v) is 15.1. The molecule has 0 spiro atoms. The molecule has 58 heavy (non-hydrogen) atoms. The van der Waals surface area contributed by atoms with Crippen LogP contribution in [0.4, 0.5) is 38.1 Å². The number of fused-ring (bicyclic) bond motifs is 1. The van der Waals surface area contributed by atoms with E-state index in [1.54, 1.807) is 65.8 Å². The number of methoxy groups -OCH3 is 1. The fourth-order valence-corrected chi connectivity index (χ4v) is 5.80. The first-order valence-electron chi connectivity index (χ1n) is 17.8. The summed E-state index contributed by atoms with van der Waals surface area (Å²) in [6.07, 6.45) is -5.95. The van der Waals surface area contributed by atoms with E-state index in [0.717, 1.165) is 12.1 Å². The van der Waals surface area contributed by atoms with Crippen LogP contribution in [0.3, 0.4) is 0 Å². The van der Waals surface area contributed by atoms with Crippen molar-refractivity contribution in [3.63, 3.8) is 0 Å². The molecule has 3 N–H and O–H groups in total. The van der Waals surface area contributed by atoms with Crippen LogP contribution in [0.2, 0.25) is 0 Å². The van der Waals surface area contributed by atoms with Gasteiger partial charge in [0.1, 0.15) is 28.6 Å². The lowest BCUT2D eigenvalue weighted by molar-refractivity contribution is -0.157. The molecule has 1 unspecified atom stereocenters. The number of ether oxygens (including phenoxy) is 3. The number of alkyl carbamates (subject to hydrolysis) is 1. The molecule has 0 aliphatic carbocycles. The summed E-state index contributed by atoms with van der Waals surface area (Å²) in [4.78, 5) is 53.9. The minimum absolute atomic E-state index is 0.0478. The van der Waals surface area contributed by atoms with Crippen molar-refractivity contribution < 1.29 is 55.3 Å². The molecule has 15 heteroatoms. The summed E-state index contributed by atoms with van der Waals surface area (Å²) >= 11 is 0. The highest BCUT2D eigenvalue weighted by molar-refractivity contribution is 6.15. The molecule has 0 bridgehead atoms. The van der Waals surface area contributed by atoms with E-state index in [-0.39, 0.29) is 44.9 Å². The average Bonchev–Trinajstić information content (AvgIpc) is 3.12. The summed E-state index contributed by atoms with van der Waals surface area (Å²) in [6, 6.07) is 18.2. The molecule has 0 radical (unpaired) electrons. The van der Waals surface area contributed by atoms with Crippen molar-refractivity contribution >= 4 is 46.0 Å². The van der Waals surface area contributed by atoms with Crippen LogP contribution >= 0.6 is 0 Å². The normalized spacial score (nSPS) is 12.3. The van der Waals surface area contributed by atoms with Gasteiger partial charge in [-0.15, -0.1) is 0 Å². The van der Waals surface area contributed by atoms with E-state index >= 15 is 4.39 Å². The second-order valence-electron chi connectivity index (χ2n) is 15.1. The Labute approximate surface area is 330 Å². The van der Waals surface area contributed by atoms with Crippen molar-refractivity contribution in [2.24, 2.45) is 0 Å². The lowest BCUT2D eigenvalue weighted by atomic mass is 9.96. The van der Waals surface area contributed by atoms with Crippen molar-refractivity contribution in [2.75, 3.05) is 17.7 Å². The highest BCUT2D eigenvalue weighted by Crippen LogP contribution is 2.35. The van der Waals surface area contributed by atoms with Gasteiger partial charge < -0.3 is 30.2 Å². The molecule has 0 heterocycles. The molecule has 1 atom stereocenters. The SMILES string of the molecule is COc1ccc(-c2cc(C(NC(=O)OC(C)(C)C)C(=O)OC(C)(C)C)ccc2F)cc1C(=O)Nc1cc2ccccc2cc1C(=O)Nc1ccc(F)c(C(F)(F)F)c1. The molecule has 0 aliphatic rings. The smallest absolute Gasteiger partial charge is 0.419 e. The molecule has 0 saturated heterocycles. The maximum atomic E-state index is 15.6. The van der Waals surface area contributed by atoms with E-state index in [2.05, 4.69) is 16.0 Å². The van der Waals surface area contributed by atoms with Crippen LogP contribution in [0.15, 0.2) is 91.0 Å². The molecular weight excluding hydrogens is 765 g/mol. The Morgan fingerprint density at radius 3 is 1.90 bits per heavy atom. The fraction of sp³-hybridized carbons (Fsp3) is 0.256. The number of hydrogen-bond acceptors (Lipinski definition) is 7. The summed E-state index contributed by atoms with van der Waals surface area (Å²) in [5.41, 5.74) is -3.88. The first-order valence-corrected chi connectivity index (χ1v) is 17.8. The monoisotopic (exact) mass is 805 g/mol. The van der Waals surface area contributed by atoms with E-state index < -0.39 is 64.5 Å². The van der Waals surface area contributed by atoms with Gasteiger partial charge in [-0.3, -0.25) is 9.59 Å². The van der Waals surface area contributed by atoms with E-state index in [1.807, 2.05) is 0 Å². The van der Waals surface area contributed by atoms with Crippen molar-refractivity contribution in [1.29, 1.82) is 0 Å². The summed E-state index contributed by atoms with van der Waals surface area (Å²) in [6.45, 7) is 9.84. The number of carbonyl (C=O) groups excluding carboxylic acids is 4. The fourth-order valence-electron chi connectivity index (χ4n) is 5.80. The molecule has 5 aromatic rings. The van der Waals surface area contributed by atoms with Gasteiger partial charge in [-0.2, -0.15) is 13.2 Å². The number of nitrogens with one attached hydrogen (secondary N) is 3. The molecule has 10 nitrogen and oxygen atoms in total. The van der Waals surface area contributed by atoms with Crippen LogP contribution < -0.4 is 20.7 Å². The predicted molar refractivity (Wildman–Crippen MR) is 208 cm³/mol. The number of halogens is 5. The number of carbonyl (C=O) groups is 4. The van der Waals surface area contributed by atoms with Gasteiger partial charge in [0.25, 0.3) is 11.8 Å². The second kappa shape index (κ2) is 16.5. The van der Waals surface area contributed by atoms with Gasteiger partial charge in [0, 0.05) is 11.3 Å². The predicted octanol–water partition coefficient (Wildman–Crippen LogP) is 10.2. The third-order valence-corrected chi connectivity index (χ3v) is 8.29. The lowest BCUT2D eigenvalue weighted by Gasteiger charge is -2.26. The highest BCUT2D eigenvalue weighted by Gasteiger charge is 2.35. The van der Waals surface area contributed by atoms with Crippen LogP contribution in [0, 0.1) is 11.6 Å². The van der Waals surface area contributed by atoms with Gasteiger partial charge in [-0.1, -0.05) is 36.4 Å². The maximum absolute atomic E-state index is 15.6. The molecule has 3 amide bonds. The van der Waals surface area contributed by atoms with Crippen LogP contribution in [0.5, 0.6) is 5.75 Å². The first-order chi connectivity index (χ1) is 27.0. The number of hydrogen-bond donors (Lipinski definition) is 3. The Balaban J connectivity index is 1.52. The Morgan fingerprint density at radius 2 is 1.28 bits per heavy atom. The van der Waals surface area contributed by atoms with Crippen LogP contribution in [-0.2, 0) is 20.4 Å². The lowest BCUT2D eigenvalue weighted by Crippen LogP contribution is -2.40. The summed E-state index contributed by atoms with van der Waals surface area (Å²) in [5, 5.41) is 8.66. The van der Waals surface area contributed by atoms with Crippen molar-refractivity contribution in [2.45, 2.75) is 65.0 Å². The maximum Gasteiger partial charge on any atom is 0.419 e.